The maximum Gasteiger partial charge on any atom is 0.229 e. The molecule has 0 atom stereocenters. The zero-order valence-electron chi connectivity index (χ0n) is 11.8. The molecule has 21 heavy (non-hydrogen) atoms. The van der Waals surface area contributed by atoms with E-state index in [1.54, 1.807) is 6.20 Å². The number of hydrogen-bond donors (Lipinski definition) is 1. The monoisotopic (exact) mass is 346 g/mol. The van der Waals surface area contributed by atoms with Gasteiger partial charge in [0.15, 0.2) is 5.65 Å². The highest BCUT2D eigenvalue weighted by Gasteiger charge is 2.29. The molecule has 3 aromatic rings. The fourth-order valence-electron chi connectivity index (χ4n) is 2.72. The van der Waals surface area contributed by atoms with Gasteiger partial charge in [-0.2, -0.15) is 14.6 Å². The van der Waals surface area contributed by atoms with Crippen LogP contribution in [0.25, 0.3) is 16.6 Å². The van der Waals surface area contributed by atoms with Crippen molar-refractivity contribution < 1.29 is 0 Å². The molecule has 1 N–H and O–H groups in total. The standard InChI is InChI=1S/C14H15BrN6/c1-8-3-12-11-4-9(15)5-17-13(11)18-14(21(12)19-8)20-6-10(7-20)16-2/h3-5,10,16H,6-7H2,1-2H3. The maximum atomic E-state index is 4.72. The molecular formula is C14H15BrN6. The van der Waals surface area contributed by atoms with E-state index in [0.717, 1.165) is 45.8 Å². The van der Waals surface area contributed by atoms with Crippen molar-refractivity contribution in [2.75, 3.05) is 25.0 Å². The average Bonchev–Trinajstić information content (AvgIpc) is 2.80. The summed E-state index contributed by atoms with van der Waals surface area (Å²) in [6, 6.07) is 4.64. The minimum atomic E-state index is 0.520. The normalized spacial score (nSPS) is 15.9. The Bertz CT molecular complexity index is 836. The third kappa shape index (κ3) is 1.99. The lowest BCUT2D eigenvalue weighted by atomic mass is 10.1. The maximum absolute atomic E-state index is 4.72. The Morgan fingerprint density at radius 1 is 1.33 bits per heavy atom. The summed E-state index contributed by atoms with van der Waals surface area (Å²) in [6.07, 6.45) is 1.78. The minimum absolute atomic E-state index is 0.520. The fraction of sp³-hybridized carbons (Fsp3) is 0.357. The van der Waals surface area contributed by atoms with E-state index in [1.165, 1.54) is 0 Å². The van der Waals surface area contributed by atoms with Crippen LogP contribution < -0.4 is 10.2 Å². The van der Waals surface area contributed by atoms with Gasteiger partial charge in [0.05, 0.1) is 11.2 Å². The van der Waals surface area contributed by atoms with Crippen LogP contribution >= 0.6 is 15.9 Å². The second-order valence-electron chi connectivity index (χ2n) is 5.41. The zero-order chi connectivity index (χ0) is 14.6. The largest absolute Gasteiger partial charge is 0.337 e. The lowest BCUT2D eigenvalue weighted by Gasteiger charge is -2.39. The third-order valence-corrected chi connectivity index (χ3v) is 4.34. The van der Waals surface area contributed by atoms with Crippen molar-refractivity contribution in [3.05, 3.63) is 28.5 Å². The molecular weight excluding hydrogens is 332 g/mol. The molecule has 108 valence electrons. The van der Waals surface area contributed by atoms with Gasteiger partial charge in [0, 0.05) is 35.2 Å². The quantitative estimate of drug-likeness (QED) is 0.766. The molecule has 0 bridgehead atoms. The van der Waals surface area contributed by atoms with E-state index in [9.17, 15) is 0 Å². The summed E-state index contributed by atoms with van der Waals surface area (Å²) in [5, 5.41) is 8.89. The number of nitrogens with one attached hydrogen (secondary N) is 1. The van der Waals surface area contributed by atoms with Crippen LogP contribution in [0.3, 0.4) is 0 Å². The number of hydrogen-bond acceptors (Lipinski definition) is 5. The molecule has 0 spiro atoms. The predicted molar refractivity (Wildman–Crippen MR) is 85.8 cm³/mol. The molecule has 0 saturated carbocycles. The number of nitrogens with zero attached hydrogens (tertiary/aromatic N) is 5. The molecule has 0 aromatic carbocycles. The molecule has 0 unspecified atom stereocenters. The lowest BCUT2D eigenvalue weighted by molar-refractivity contribution is 0.440. The number of likely N-dealkylation sites (N-methyl/N-ethyl adjacent to an activating group) is 1. The summed E-state index contributed by atoms with van der Waals surface area (Å²) in [5.41, 5.74) is 2.79. The van der Waals surface area contributed by atoms with Gasteiger partial charge in [-0.15, -0.1) is 0 Å². The van der Waals surface area contributed by atoms with Crippen LogP contribution in [0.1, 0.15) is 5.69 Å². The zero-order valence-corrected chi connectivity index (χ0v) is 13.4. The Morgan fingerprint density at radius 2 is 2.14 bits per heavy atom. The van der Waals surface area contributed by atoms with Crippen LogP contribution in [0.5, 0.6) is 0 Å². The summed E-state index contributed by atoms with van der Waals surface area (Å²) in [6.45, 7) is 3.89. The van der Waals surface area contributed by atoms with Gasteiger partial charge in [-0.05, 0) is 42.0 Å². The Balaban J connectivity index is 1.95. The van der Waals surface area contributed by atoms with Gasteiger partial charge in [-0.25, -0.2) is 4.98 Å². The smallest absolute Gasteiger partial charge is 0.229 e. The first kappa shape index (κ1) is 13.0. The fourth-order valence-corrected chi connectivity index (χ4v) is 3.06. The first-order chi connectivity index (χ1) is 10.2. The van der Waals surface area contributed by atoms with Gasteiger partial charge in [0.1, 0.15) is 0 Å². The van der Waals surface area contributed by atoms with Crippen molar-refractivity contribution in [3.63, 3.8) is 0 Å². The van der Waals surface area contributed by atoms with E-state index in [2.05, 4.69) is 42.3 Å². The highest BCUT2D eigenvalue weighted by Crippen LogP contribution is 2.27. The summed E-state index contributed by atoms with van der Waals surface area (Å²) >= 11 is 3.48. The second-order valence-corrected chi connectivity index (χ2v) is 6.33. The van der Waals surface area contributed by atoms with Crippen molar-refractivity contribution in [2.45, 2.75) is 13.0 Å². The Kier molecular flexibility index (Phi) is 2.87. The van der Waals surface area contributed by atoms with Crippen LogP contribution in [0.2, 0.25) is 0 Å². The molecule has 1 aliphatic heterocycles. The highest BCUT2D eigenvalue weighted by atomic mass is 79.9. The highest BCUT2D eigenvalue weighted by molar-refractivity contribution is 9.10. The molecule has 1 aliphatic rings. The van der Waals surface area contributed by atoms with Crippen molar-refractivity contribution in [1.29, 1.82) is 0 Å². The van der Waals surface area contributed by atoms with E-state index in [0.29, 0.717) is 6.04 Å². The third-order valence-electron chi connectivity index (χ3n) is 3.91. The van der Waals surface area contributed by atoms with E-state index in [4.69, 9.17) is 4.98 Å². The number of anilines is 1. The van der Waals surface area contributed by atoms with Crippen molar-refractivity contribution in [2.24, 2.45) is 0 Å². The Labute approximate surface area is 130 Å². The first-order valence-corrected chi connectivity index (χ1v) is 7.69. The summed E-state index contributed by atoms with van der Waals surface area (Å²) in [4.78, 5) is 11.4. The number of pyridine rings is 1. The SMILES string of the molecule is CNC1CN(c2nc3ncc(Br)cc3c3cc(C)nn23)C1. The summed E-state index contributed by atoms with van der Waals surface area (Å²) < 4.78 is 2.88. The van der Waals surface area contributed by atoms with E-state index < -0.39 is 0 Å². The first-order valence-electron chi connectivity index (χ1n) is 6.89. The number of rotatable bonds is 2. The van der Waals surface area contributed by atoms with Crippen LogP contribution in [-0.2, 0) is 0 Å². The van der Waals surface area contributed by atoms with Crippen LogP contribution in [0.4, 0.5) is 5.95 Å². The molecule has 0 radical (unpaired) electrons. The number of fused-ring (bicyclic) bond motifs is 3. The molecule has 0 amide bonds. The summed E-state index contributed by atoms with van der Waals surface area (Å²) in [5.74, 6) is 0.868. The molecule has 4 heterocycles. The van der Waals surface area contributed by atoms with Crippen LogP contribution in [0, 0.1) is 6.92 Å². The second kappa shape index (κ2) is 4.64. The molecule has 6 nitrogen and oxygen atoms in total. The van der Waals surface area contributed by atoms with Crippen molar-refractivity contribution in [3.8, 4) is 0 Å². The Hall–Kier alpha value is -1.73. The van der Waals surface area contributed by atoms with E-state index in [-0.39, 0.29) is 0 Å². The predicted octanol–water partition coefficient (Wildman–Crippen LogP) is 1.76. The van der Waals surface area contributed by atoms with E-state index >= 15 is 0 Å². The molecule has 0 aliphatic carbocycles. The molecule has 1 saturated heterocycles. The van der Waals surface area contributed by atoms with Gasteiger partial charge >= 0.3 is 0 Å². The van der Waals surface area contributed by atoms with Gasteiger partial charge in [-0.1, -0.05) is 0 Å². The van der Waals surface area contributed by atoms with E-state index in [1.807, 2.05) is 24.6 Å². The van der Waals surface area contributed by atoms with Gasteiger partial charge in [-0.3, -0.25) is 0 Å². The number of aryl methyl sites for hydroxylation is 1. The lowest BCUT2D eigenvalue weighted by Crippen LogP contribution is -2.58. The average molecular weight is 347 g/mol. The van der Waals surface area contributed by atoms with Crippen LogP contribution in [-0.4, -0.2) is 45.8 Å². The van der Waals surface area contributed by atoms with Crippen molar-refractivity contribution >= 4 is 38.4 Å². The minimum Gasteiger partial charge on any atom is -0.337 e. The molecule has 1 fully saturated rings. The van der Waals surface area contributed by atoms with Crippen LogP contribution in [0.15, 0.2) is 22.8 Å². The summed E-state index contributed by atoms with van der Waals surface area (Å²) in [7, 11) is 1.99. The number of aromatic nitrogens is 4. The molecule has 3 aromatic heterocycles. The molecule has 4 rings (SSSR count). The van der Waals surface area contributed by atoms with Crippen molar-refractivity contribution in [1.82, 2.24) is 24.9 Å². The molecule has 7 heteroatoms. The number of halogens is 1. The van der Waals surface area contributed by atoms with Gasteiger partial charge < -0.3 is 10.2 Å². The topological polar surface area (TPSA) is 58.3 Å². The Morgan fingerprint density at radius 3 is 2.90 bits per heavy atom. The van der Waals surface area contributed by atoms with Gasteiger partial charge in [0.2, 0.25) is 5.95 Å². The van der Waals surface area contributed by atoms with Gasteiger partial charge in [0.25, 0.3) is 0 Å².